The normalized spacial score (nSPS) is 25.0. The summed E-state index contributed by atoms with van der Waals surface area (Å²) in [6.07, 6.45) is -1.68. The van der Waals surface area contributed by atoms with Crippen LogP contribution < -0.4 is 29.7 Å². The molecule has 1 aliphatic rings. The molecule has 0 unspecified atom stereocenters. The molecule has 0 aromatic carbocycles. The van der Waals surface area contributed by atoms with E-state index in [1.807, 2.05) is 0 Å². The van der Waals surface area contributed by atoms with Gasteiger partial charge in [0.1, 0.15) is 12.3 Å². The maximum Gasteiger partial charge on any atom is 1.00 e. The van der Waals surface area contributed by atoms with E-state index in [0.29, 0.717) is 0 Å². The van der Waals surface area contributed by atoms with Crippen LogP contribution in [0.4, 0.5) is 0 Å². The van der Waals surface area contributed by atoms with Crippen molar-refractivity contribution in [3.8, 4) is 5.88 Å². The number of aliphatic hydroxyl groups is 1. The Bertz CT molecular complexity index is 632. The van der Waals surface area contributed by atoms with Crippen molar-refractivity contribution >= 4 is 7.82 Å². The third-order valence-electron chi connectivity index (χ3n) is 3.01. The Morgan fingerprint density at radius 3 is 2.82 bits per heavy atom. The topological polar surface area (TPSA) is 154 Å². The van der Waals surface area contributed by atoms with Crippen LogP contribution in [0.1, 0.15) is 18.2 Å². The van der Waals surface area contributed by atoms with Crippen LogP contribution in [0.2, 0.25) is 0 Å². The van der Waals surface area contributed by atoms with E-state index in [4.69, 9.17) is 14.5 Å². The monoisotopic (exact) mass is 328 g/mol. The van der Waals surface area contributed by atoms with E-state index in [2.05, 4.69) is 9.51 Å². The molecule has 1 aromatic rings. The Balaban J connectivity index is 0.00000242. The van der Waals surface area contributed by atoms with Crippen molar-refractivity contribution in [3.63, 3.8) is 0 Å². The van der Waals surface area contributed by atoms with Gasteiger partial charge in [-0.3, -0.25) is 9.09 Å². The molecule has 1 fully saturated rings. The van der Waals surface area contributed by atoms with Gasteiger partial charge in [0.15, 0.2) is 0 Å². The first-order valence-corrected chi connectivity index (χ1v) is 7.51. The molecule has 22 heavy (non-hydrogen) atoms. The van der Waals surface area contributed by atoms with Gasteiger partial charge in [-0.1, -0.05) is 0 Å². The number of aliphatic hydroxyl groups excluding tert-OH is 1. The molecule has 0 aliphatic carbocycles. The van der Waals surface area contributed by atoms with Gasteiger partial charge in [-0.15, -0.1) is 0 Å². The summed E-state index contributed by atoms with van der Waals surface area (Å²) in [5.74, 6) is -0.642. The van der Waals surface area contributed by atoms with E-state index >= 15 is 0 Å². The number of aryl methyl sites for hydroxylation is 1. The molecule has 3 N–H and O–H groups in total. The van der Waals surface area contributed by atoms with Gasteiger partial charge < -0.3 is 24.7 Å². The molecule has 0 spiro atoms. The molecular formula is C10H14LiN2O8P. The number of phosphoric acid groups is 1. The Morgan fingerprint density at radius 2 is 2.23 bits per heavy atom. The second kappa shape index (κ2) is 7.25. The molecule has 3 atom stereocenters. The zero-order valence-corrected chi connectivity index (χ0v) is 12.8. The minimum absolute atomic E-state index is 0. The Labute approximate surface area is 137 Å². The van der Waals surface area contributed by atoms with E-state index in [-0.39, 0.29) is 30.8 Å². The van der Waals surface area contributed by atoms with Crippen LogP contribution in [0.15, 0.2) is 11.0 Å². The first-order chi connectivity index (χ1) is 9.67. The zero-order chi connectivity index (χ0) is 15.8. The number of nitrogens with zero attached hydrogens (tertiary/aromatic N) is 2. The summed E-state index contributed by atoms with van der Waals surface area (Å²) in [7, 11) is -4.67. The predicted octanol–water partition coefficient (Wildman–Crippen LogP) is -4.61. The molecule has 2 rings (SSSR count). The fraction of sp³-hybridized carbons (Fsp3) is 0.600. The zero-order valence-electron chi connectivity index (χ0n) is 11.9. The van der Waals surface area contributed by atoms with Crippen LogP contribution in [-0.4, -0.2) is 43.3 Å². The quantitative estimate of drug-likeness (QED) is 0.366. The summed E-state index contributed by atoms with van der Waals surface area (Å²) >= 11 is 0. The number of hydrogen-bond donors (Lipinski definition) is 3. The predicted molar refractivity (Wildman–Crippen MR) is 65.2 cm³/mol. The number of hydrogen-bond acceptors (Lipinski definition) is 7. The van der Waals surface area contributed by atoms with Crippen LogP contribution in [0.3, 0.4) is 0 Å². The molecule has 0 radical (unpaired) electrons. The smallest absolute Gasteiger partial charge is 0.858 e. The van der Waals surface area contributed by atoms with Gasteiger partial charge in [-0.05, 0) is 18.4 Å². The average molecular weight is 328 g/mol. The summed E-state index contributed by atoms with van der Waals surface area (Å²) < 4.78 is 21.3. The molecule has 1 saturated heterocycles. The van der Waals surface area contributed by atoms with E-state index in [1.54, 1.807) is 0 Å². The maximum absolute atomic E-state index is 11.6. The molecule has 0 amide bonds. The van der Waals surface area contributed by atoms with Gasteiger partial charge in [0.2, 0.25) is 0 Å². The Kier molecular flexibility index (Phi) is 6.38. The minimum Gasteiger partial charge on any atom is -0.858 e. The minimum atomic E-state index is -4.67. The van der Waals surface area contributed by atoms with Crippen molar-refractivity contribution in [2.75, 3.05) is 6.61 Å². The standard InChI is InChI=1S/C10H15N2O8P.Li/c1-5-3-12(10(15)11-9(5)14)8-2-6(13)7(20-8)4-19-21(16,17)18;/h3,6-8,13H,2,4H2,1H3,(H,11,14,15)(H2,16,17,18);/q;+1/p-1/t6-,7+,8+;/m0./s1. The van der Waals surface area contributed by atoms with Gasteiger partial charge >= 0.3 is 32.4 Å². The van der Waals surface area contributed by atoms with Gasteiger partial charge in [-0.25, -0.2) is 14.3 Å². The number of rotatable bonds is 4. The third-order valence-corrected chi connectivity index (χ3v) is 3.49. The van der Waals surface area contributed by atoms with E-state index in [0.717, 1.165) is 4.57 Å². The van der Waals surface area contributed by atoms with E-state index in [9.17, 15) is 19.6 Å². The largest absolute Gasteiger partial charge is 1.00 e. The van der Waals surface area contributed by atoms with Crippen molar-refractivity contribution in [2.45, 2.75) is 31.8 Å². The summed E-state index contributed by atoms with van der Waals surface area (Å²) in [6.45, 7) is 0.952. The molecule has 1 aromatic heterocycles. The van der Waals surface area contributed by atoms with Gasteiger partial charge in [0.25, 0.3) is 0 Å². The van der Waals surface area contributed by atoms with E-state index in [1.165, 1.54) is 13.1 Å². The third kappa shape index (κ3) is 4.65. The van der Waals surface area contributed by atoms with Crippen molar-refractivity contribution < 1.29 is 52.7 Å². The van der Waals surface area contributed by atoms with Gasteiger partial charge in [0.05, 0.1) is 12.7 Å². The number of ether oxygens (including phenoxy) is 1. The Hall–Kier alpha value is -0.693. The molecule has 12 heteroatoms. The number of aromatic nitrogens is 2. The molecule has 10 nitrogen and oxygen atoms in total. The van der Waals surface area contributed by atoms with Crippen molar-refractivity contribution in [2.24, 2.45) is 0 Å². The maximum atomic E-state index is 11.6. The molecule has 118 valence electrons. The SMILES string of the molecule is Cc1cn([C@H]2C[C@H](O)[C@@H](COP(=O)(O)O)O2)c(=O)nc1[O-].[Li+]. The first-order valence-electron chi connectivity index (χ1n) is 5.98. The van der Waals surface area contributed by atoms with Gasteiger partial charge in [0, 0.05) is 12.6 Å². The van der Waals surface area contributed by atoms with Crippen LogP contribution in [-0.2, 0) is 13.8 Å². The summed E-state index contributed by atoms with van der Waals surface area (Å²) in [4.78, 5) is 32.2. The fourth-order valence-corrected chi connectivity index (χ4v) is 2.31. The second-order valence-electron chi connectivity index (χ2n) is 4.64. The fourth-order valence-electron chi connectivity index (χ4n) is 1.96. The molecule has 0 saturated carbocycles. The van der Waals surface area contributed by atoms with Crippen LogP contribution in [0.25, 0.3) is 0 Å². The number of phosphoric ester groups is 1. The molecule has 2 heterocycles. The van der Waals surface area contributed by atoms with Crippen LogP contribution in [0.5, 0.6) is 5.88 Å². The summed E-state index contributed by atoms with van der Waals surface area (Å²) in [5, 5.41) is 21.0. The summed E-state index contributed by atoms with van der Waals surface area (Å²) in [6, 6.07) is 0. The van der Waals surface area contributed by atoms with Crippen molar-refractivity contribution in [1.82, 2.24) is 9.55 Å². The molecular weight excluding hydrogens is 314 g/mol. The summed E-state index contributed by atoms with van der Waals surface area (Å²) in [5.41, 5.74) is -0.582. The first kappa shape index (κ1) is 19.4. The molecule has 1 aliphatic heterocycles. The van der Waals surface area contributed by atoms with Crippen molar-refractivity contribution in [3.05, 3.63) is 22.2 Å². The second-order valence-corrected chi connectivity index (χ2v) is 5.88. The van der Waals surface area contributed by atoms with E-state index < -0.39 is 44.4 Å². The van der Waals surface area contributed by atoms with Crippen molar-refractivity contribution in [1.29, 1.82) is 0 Å². The van der Waals surface area contributed by atoms with Crippen LogP contribution >= 0.6 is 7.82 Å². The van der Waals surface area contributed by atoms with Crippen LogP contribution in [0, 0.1) is 6.92 Å². The average Bonchev–Trinajstić information content (AvgIpc) is 2.72. The molecule has 0 bridgehead atoms. The Morgan fingerprint density at radius 1 is 1.59 bits per heavy atom. The van der Waals surface area contributed by atoms with Gasteiger partial charge in [-0.2, -0.15) is 0 Å².